The zero-order valence-corrected chi connectivity index (χ0v) is 7.61. The van der Waals surface area contributed by atoms with Gasteiger partial charge in [0.1, 0.15) is 10.3 Å². The molecule has 2 N–H and O–H groups in total. The third-order valence-corrected chi connectivity index (χ3v) is 1.75. The lowest BCUT2D eigenvalue weighted by atomic mass is 10.3. The Morgan fingerprint density at radius 2 is 2.33 bits per heavy atom. The predicted molar refractivity (Wildman–Crippen MR) is 46.5 cm³/mol. The first-order valence-electron chi connectivity index (χ1n) is 3.15. The number of aromatic nitrogens is 1. The molecule has 0 aliphatic heterocycles. The molecule has 0 saturated carbocycles. The van der Waals surface area contributed by atoms with Crippen LogP contribution in [0, 0.1) is 10.1 Å². The number of hydrogen-bond donors (Lipinski definition) is 1. The summed E-state index contributed by atoms with van der Waals surface area (Å²) in [7, 11) is 0. The Bertz CT molecular complexity index is 316. The van der Waals surface area contributed by atoms with Crippen molar-refractivity contribution < 1.29 is 4.92 Å². The minimum Gasteiger partial charge on any atom is -0.325 e. The van der Waals surface area contributed by atoms with E-state index < -0.39 is 4.92 Å². The molecule has 1 heterocycles. The van der Waals surface area contributed by atoms with Crippen molar-refractivity contribution in [3.63, 3.8) is 0 Å². The zero-order chi connectivity index (χ0) is 9.14. The highest BCUT2D eigenvalue weighted by Crippen LogP contribution is 2.18. The number of hydrogen-bond acceptors (Lipinski definition) is 4. The maximum atomic E-state index is 10.4. The molecule has 1 aromatic heterocycles. The molecule has 0 bridgehead atoms. The highest BCUT2D eigenvalue weighted by Gasteiger charge is 2.13. The summed E-state index contributed by atoms with van der Waals surface area (Å²) in [6.07, 6.45) is 0. The Kier molecular flexibility index (Phi) is 2.72. The van der Waals surface area contributed by atoms with Crippen molar-refractivity contribution in [2.45, 2.75) is 6.54 Å². The Labute approximate surface area is 76.9 Å². The van der Waals surface area contributed by atoms with Gasteiger partial charge in [-0.3, -0.25) is 10.1 Å². The molecule has 5 nitrogen and oxygen atoms in total. The van der Waals surface area contributed by atoms with Gasteiger partial charge in [0.25, 0.3) is 5.69 Å². The molecular formula is C6H6BrN3O2. The van der Waals surface area contributed by atoms with Crippen LogP contribution in [-0.4, -0.2) is 9.91 Å². The second kappa shape index (κ2) is 3.59. The van der Waals surface area contributed by atoms with E-state index in [4.69, 9.17) is 5.73 Å². The van der Waals surface area contributed by atoms with Crippen LogP contribution in [0.3, 0.4) is 0 Å². The van der Waals surface area contributed by atoms with Crippen LogP contribution >= 0.6 is 15.9 Å². The Morgan fingerprint density at radius 1 is 1.67 bits per heavy atom. The Morgan fingerprint density at radius 3 is 2.83 bits per heavy atom. The first-order chi connectivity index (χ1) is 5.65. The lowest BCUT2D eigenvalue weighted by Crippen LogP contribution is -2.04. The maximum Gasteiger partial charge on any atom is 0.292 e. The van der Waals surface area contributed by atoms with Gasteiger partial charge >= 0.3 is 0 Å². The molecule has 12 heavy (non-hydrogen) atoms. The molecular weight excluding hydrogens is 226 g/mol. The van der Waals surface area contributed by atoms with Gasteiger partial charge in [-0.15, -0.1) is 0 Å². The molecule has 1 rings (SSSR count). The van der Waals surface area contributed by atoms with Gasteiger partial charge in [0, 0.05) is 12.6 Å². The van der Waals surface area contributed by atoms with Crippen molar-refractivity contribution in [1.82, 2.24) is 4.98 Å². The highest BCUT2D eigenvalue weighted by atomic mass is 79.9. The van der Waals surface area contributed by atoms with E-state index in [0.29, 0.717) is 4.60 Å². The number of nitrogens with zero attached hydrogens (tertiary/aromatic N) is 2. The van der Waals surface area contributed by atoms with Crippen LogP contribution in [0.15, 0.2) is 16.7 Å². The normalized spacial score (nSPS) is 9.83. The molecule has 0 amide bonds. The zero-order valence-electron chi connectivity index (χ0n) is 6.03. The summed E-state index contributed by atoms with van der Waals surface area (Å²) in [5, 5.41) is 10.4. The molecule has 64 valence electrons. The molecule has 1 aromatic rings. The fourth-order valence-corrected chi connectivity index (χ4v) is 1.13. The Hall–Kier alpha value is -1.01. The third kappa shape index (κ3) is 1.77. The summed E-state index contributed by atoms with van der Waals surface area (Å²) in [6, 6.07) is 2.89. The van der Waals surface area contributed by atoms with Gasteiger partial charge in [-0.25, -0.2) is 4.98 Å². The van der Waals surface area contributed by atoms with E-state index in [1.54, 1.807) is 0 Å². The van der Waals surface area contributed by atoms with Crippen molar-refractivity contribution in [2.24, 2.45) is 5.73 Å². The van der Waals surface area contributed by atoms with Crippen LogP contribution in [0.2, 0.25) is 0 Å². The SMILES string of the molecule is NCc1nc(Br)ccc1[N+](=O)[O-]. The standard InChI is InChI=1S/C6H6BrN3O2/c7-6-2-1-5(10(11)12)4(3-8)9-6/h1-2H,3,8H2. The second-order valence-corrected chi connectivity index (χ2v) is 2.87. The van der Waals surface area contributed by atoms with E-state index in [0.717, 1.165) is 0 Å². The van der Waals surface area contributed by atoms with Crippen molar-refractivity contribution in [3.05, 3.63) is 32.5 Å². The topological polar surface area (TPSA) is 82.0 Å². The predicted octanol–water partition coefficient (Wildman–Crippen LogP) is 1.21. The summed E-state index contributed by atoms with van der Waals surface area (Å²) in [6.45, 7) is 0.0652. The van der Waals surface area contributed by atoms with Crippen LogP contribution in [0.1, 0.15) is 5.69 Å². The largest absolute Gasteiger partial charge is 0.325 e. The molecule has 0 radical (unpaired) electrons. The van der Waals surface area contributed by atoms with Gasteiger partial charge in [-0.2, -0.15) is 0 Å². The quantitative estimate of drug-likeness (QED) is 0.472. The van der Waals surface area contributed by atoms with Crippen LogP contribution < -0.4 is 5.73 Å². The molecule has 0 fully saturated rings. The average molecular weight is 232 g/mol. The van der Waals surface area contributed by atoms with Crippen molar-refractivity contribution >= 4 is 21.6 Å². The van der Waals surface area contributed by atoms with E-state index in [9.17, 15) is 10.1 Å². The molecule has 0 saturated heterocycles. The van der Waals surface area contributed by atoms with Crippen LogP contribution in [0.25, 0.3) is 0 Å². The number of nitro groups is 1. The van der Waals surface area contributed by atoms with E-state index in [1.165, 1.54) is 12.1 Å². The lowest BCUT2D eigenvalue weighted by Gasteiger charge is -1.98. The smallest absolute Gasteiger partial charge is 0.292 e. The minimum absolute atomic E-state index is 0.0410. The molecule has 0 aromatic carbocycles. The number of halogens is 1. The Balaban J connectivity index is 3.20. The first-order valence-corrected chi connectivity index (χ1v) is 3.94. The second-order valence-electron chi connectivity index (χ2n) is 2.06. The van der Waals surface area contributed by atoms with Gasteiger partial charge < -0.3 is 5.73 Å². The van der Waals surface area contributed by atoms with Crippen molar-refractivity contribution in [3.8, 4) is 0 Å². The molecule has 0 atom stereocenters. The van der Waals surface area contributed by atoms with Gasteiger partial charge in [0.05, 0.1) is 4.92 Å². The minimum atomic E-state index is -0.498. The number of nitrogens with two attached hydrogens (primary N) is 1. The number of rotatable bonds is 2. The molecule has 0 unspecified atom stereocenters. The third-order valence-electron chi connectivity index (χ3n) is 1.31. The van der Waals surface area contributed by atoms with E-state index in [1.807, 2.05) is 0 Å². The van der Waals surface area contributed by atoms with Gasteiger partial charge in [0.15, 0.2) is 0 Å². The molecule has 0 spiro atoms. The van der Waals surface area contributed by atoms with Gasteiger partial charge in [-0.05, 0) is 22.0 Å². The number of pyridine rings is 1. The van der Waals surface area contributed by atoms with E-state index >= 15 is 0 Å². The van der Waals surface area contributed by atoms with Gasteiger partial charge in [0.2, 0.25) is 0 Å². The summed E-state index contributed by atoms with van der Waals surface area (Å²) < 4.78 is 0.550. The van der Waals surface area contributed by atoms with Crippen LogP contribution in [0.5, 0.6) is 0 Å². The maximum absolute atomic E-state index is 10.4. The fraction of sp³-hybridized carbons (Fsp3) is 0.167. The summed E-state index contributed by atoms with van der Waals surface area (Å²) in [4.78, 5) is 13.8. The average Bonchev–Trinajstić information content (AvgIpc) is 2.03. The van der Waals surface area contributed by atoms with E-state index in [2.05, 4.69) is 20.9 Å². The van der Waals surface area contributed by atoms with E-state index in [-0.39, 0.29) is 17.9 Å². The summed E-state index contributed by atoms with van der Waals surface area (Å²) in [5.74, 6) is 0. The van der Waals surface area contributed by atoms with Crippen LogP contribution in [0.4, 0.5) is 5.69 Å². The van der Waals surface area contributed by atoms with Crippen molar-refractivity contribution in [2.75, 3.05) is 0 Å². The van der Waals surface area contributed by atoms with Crippen LogP contribution in [-0.2, 0) is 6.54 Å². The van der Waals surface area contributed by atoms with Gasteiger partial charge in [-0.1, -0.05) is 0 Å². The molecule has 0 aliphatic rings. The lowest BCUT2D eigenvalue weighted by molar-refractivity contribution is -0.385. The fourth-order valence-electron chi connectivity index (χ4n) is 0.784. The summed E-state index contributed by atoms with van der Waals surface area (Å²) in [5.41, 5.74) is 5.51. The molecule has 6 heteroatoms. The summed E-state index contributed by atoms with van der Waals surface area (Å²) >= 11 is 3.10. The highest BCUT2D eigenvalue weighted by molar-refractivity contribution is 9.10. The molecule has 0 aliphatic carbocycles. The monoisotopic (exact) mass is 231 g/mol. The first kappa shape index (κ1) is 9.08. The van der Waals surface area contributed by atoms with Crippen molar-refractivity contribution in [1.29, 1.82) is 0 Å².